The predicted molar refractivity (Wildman–Crippen MR) is 96.0 cm³/mol. The fourth-order valence-corrected chi connectivity index (χ4v) is 3.62. The van der Waals surface area contributed by atoms with Gasteiger partial charge in [-0.25, -0.2) is 12.8 Å². The van der Waals surface area contributed by atoms with Crippen molar-refractivity contribution >= 4 is 43.2 Å². The zero-order valence-corrected chi connectivity index (χ0v) is 15.4. The highest BCUT2D eigenvalue weighted by Crippen LogP contribution is 2.22. The van der Waals surface area contributed by atoms with E-state index in [1.54, 1.807) is 24.3 Å². The molecule has 0 aromatic heterocycles. The smallest absolute Gasteiger partial charge is 0.247 e. The third-order valence-electron chi connectivity index (χ3n) is 3.28. The Balaban J connectivity index is 2.27. The van der Waals surface area contributed by atoms with Crippen LogP contribution < -0.4 is 9.62 Å². The topological polar surface area (TPSA) is 66.5 Å². The van der Waals surface area contributed by atoms with E-state index >= 15 is 0 Å². The molecule has 0 aliphatic rings. The van der Waals surface area contributed by atoms with E-state index in [0.29, 0.717) is 5.69 Å². The van der Waals surface area contributed by atoms with Gasteiger partial charge in [0.2, 0.25) is 15.9 Å². The van der Waals surface area contributed by atoms with E-state index in [2.05, 4.69) is 21.2 Å². The summed E-state index contributed by atoms with van der Waals surface area (Å²) >= 11 is 3.30. The maximum atomic E-state index is 13.1. The largest absolute Gasteiger partial charge is 0.324 e. The molecule has 0 aliphatic heterocycles. The molecular formula is C16H16BrFN2O3S. The van der Waals surface area contributed by atoms with E-state index in [1.807, 2.05) is 0 Å². The standard InChI is InChI=1S/C16H16BrFN2O3S/c1-11(16(21)19-14-7-3-12(17)4-8-14)20(24(2,22)23)15-9-5-13(18)6-10-15/h3-11H,1-2H3,(H,19,21)/t11-/m1/s1. The number of nitrogens with one attached hydrogen (secondary N) is 1. The van der Waals surface area contributed by atoms with Crippen molar-refractivity contribution in [3.8, 4) is 0 Å². The molecule has 1 atom stereocenters. The first-order valence-electron chi connectivity index (χ1n) is 7.00. The van der Waals surface area contributed by atoms with Gasteiger partial charge in [-0.1, -0.05) is 15.9 Å². The van der Waals surface area contributed by atoms with E-state index in [9.17, 15) is 17.6 Å². The van der Waals surface area contributed by atoms with Gasteiger partial charge in [0, 0.05) is 10.2 Å². The second-order valence-electron chi connectivity index (χ2n) is 5.21. The molecule has 0 fully saturated rings. The normalized spacial score (nSPS) is 12.5. The number of hydrogen-bond donors (Lipinski definition) is 1. The number of anilines is 2. The number of nitrogens with zero attached hydrogens (tertiary/aromatic N) is 1. The number of halogens is 2. The number of amides is 1. The van der Waals surface area contributed by atoms with Crippen molar-refractivity contribution in [2.75, 3.05) is 15.9 Å². The second-order valence-corrected chi connectivity index (χ2v) is 7.98. The summed E-state index contributed by atoms with van der Waals surface area (Å²) in [7, 11) is -3.73. The first kappa shape index (κ1) is 18.4. The lowest BCUT2D eigenvalue weighted by molar-refractivity contribution is -0.116. The quantitative estimate of drug-likeness (QED) is 0.815. The molecule has 0 saturated carbocycles. The van der Waals surface area contributed by atoms with Gasteiger partial charge in [0.15, 0.2) is 0 Å². The Kier molecular flexibility index (Phi) is 5.61. The molecular weight excluding hydrogens is 399 g/mol. The van der Waals surface area contributed by atoms with Crippen molar-refractivity contribution < 1.29 is 17.6 Å². The minimum Gasteiger partial charge on any atom is -0.324 e. The van der Waals surface area contributed by atoms with Crippen LogP contribution in [0, 0.1) is 5.82 Å². The molecule has 0 aliphatic carbocycles. The van der Waals surface area contributed by atoms with Crippen molar-refractivity contribution in [1.82, 2.24) is 0 Å². The maximum absolute atomic E-state index is 13.1. The third-order valence-corrected chi connectivity index (χ3v) is 5.05. The highest BCUT2D eigenvalue weighted by Gasteiger charge is 2.29. The molecule has 0 bridgehead atoms. The number of rotatable bonds is 5. The van der Waals surface area contributed by atoms with Crippen LogP contribution in [0.5, 0.6) is 0 Å². The van der Waals surface area contributed by atoms with E-state index in [0.717, 1.165) is 27.2 Å². The van der Waals surface area contributed by atoms with Gasteiger partial charge in [0.25, 0.3) is 0 Å². The number of hydrogen-bond acceptors (Lipinski definition) is 3. The number of carbonyl (C=O) groups is 1. The van der Waals surface area contributed by atoms with Gasteiger partial charge in [-0.2, -0.15) is 0 Å². The highest BCUT2D eigenvalue weighted by atomic mass is 79.9. The average Bonchev–Trinajstić information content (AvgIpc) is 2.50. The van der Waals surface area contributed by atoms with E-state index < -0.39 is 27.8 Å². The van der Waals surface area contributed by atoms with Crippen LogP contribution in [0.15, 0.2) is 53.0 Å². The van der Waals surface area contributed by atoms with Crippen LogP contribution in [0.4, 0.5) is 15.8 Å². The summed E-state index contributed by atoms with van der Waals surface area (Å²) < 4.78 is 39.1. The maximum Gasteiger partial charge on any atom is 0.247 e. The molecule has 8 heteroatoms. The SMILES string of the molecule is C[C@H](C(=O)Nc1ccc(Br)cc1)N(c1ccc(F)cc1)S(C)(=O)=O. The van der Waals surface area contributed by atoms with Crippen molar-refractivity contribution in [3.63, 3.8) is 0 Å². The number of sulfonamides is 1. The average molecular weight is 415 g/mol. The van der Waals surface area contributed by atoms with Gasteiger partial charge in [-0.3, -0.25) is 9.10 Å². The van der Waals surface area contributed by atoms with Crippen LogP contribution in [0.25, 0.3) is 0 Å². The monoisotopic (exact) mass is 414 g/mol. The van der Waals surface area contributed by atoms with Crippen LogP contribution in [0.1, 0.15) is 6.92 Å². The van der Waals surface area contributed by atoms with E-state index in [-0.39, 0.29) is 5.69 Å². The zero-order chi connectivity index (χ0) is 17.9. The summed E-state index contributed by atoms with van der Waals surface area (Å²) in [5.74, 6) is -0.980. The molecule has 2 aromatic rings. The first-order valence-corrected chi connectivity index (χ1v) is 9.64. The third kappa shape index (κ3) is 4.55. The fourth-order valence-electron chi connectivity index (χ4n) is 2.18. The summed E-state index contributed by atoms with van der Waals surface area (Å²) in [6, 6.07) is 10.8. The van der Waals surface area contributed by atoms with Crippen molar-refractivity contribution in [1.29, 1.82) is 0 Å². The lowest BCUT2D eigenvalue weighted by Gasteiger charge is -2.28. The molecule has 1 amide bonds. The van der Waals surface area contributed by atoms with E-state index in [4.69, 9.17) is 0 Å². The van der Waals surface area contributed by atoms with Crippen LogP contribution in [0.2, 0.25) is 0 Å². The molecule has 0 spiro atoms. The van der Waals surface area contributed by atoms with Crippen LogP contribution in [-0.2, 0) is 14.8 Å². The molecule has 2 rings (SSSR count). The molecule has 5 nitrogen and oxygen atoms in total. The van der Waals surface area contributed by atoms with Gasteiger partial charge in [0.05, 0.1) is 11.9 Å². The van der Waals surface area contributed by atoms with Gasteiger partial charge in [-0.15, -0.1) is 0 Å². The minimum atomic E-state index is -3.73. The summed E-state index contributed by atoms with van der Waals surface area (Å²) in [6.07, 6.45) is 1.000. The number of carbonyl (C=O) groups excluding carboxylic acids is 1. The Morgan fingerprint density at radius 3 is 2.17 bits per heavy atom. The highest BCUT2D eigenvalue weighted by molar-refractivity contribution is 9.10. The van der Waals surface area contributed by atoms with Crippen molar-refractivity contribution in [2.24, 2.45) is 0 Å². The first-order chi connectivity index (χ1) is 11.2. The summed E-state index contributed by atoms with van der Waals surface area (Å²) in [4.78, 5) is 12.4. The lowest BCUT2D eigenvalue weighted by Crippen LogP contribution is -2.45. The summed E-state index contributed by atoms with van der Waals surface area (Å²) in [5.41, 5.74) is 0.764. The molecule has 0 radical (unpaired) electrons. The van der Waals surface area contributed by atoms with Gasteiger partial charge < -0.3 is 5.32 Å². The van der Waals surface area contributed by atoms with E-state index in [1.165, 1.54) is 19.1 Å². The Labute approximate surface area is 148 Å². The Morgan fingerprint density at radius 2 is 1.67 bits per heavy atom. The second kappa shape index (κ2) is 7.31. The van der Waals surface area contributed by atoms with Gasteiger partial charge >= 0.3 is 0 Å². The van der Waals surface area contributed by atoms with Crippen LogP contribution >= 0.6 is 15.9 Å². The summed E-state index contributed by atoms with van der Waals surface area (Å²) in [6.45, 7) is 1.47. The molecule has 0 heterocycles. The fraction of sp³-hybridized carbons (Fsp3) is 0.188. The number of benzene rings is 2. The van der Waals surface area contributed by atoms with Crippen molar-refractivity contribution in [2.45, 2.75) is 13.0 Å². The molecule has 2 aromatic carbocycles. The molecule has 0 unspecified atom stereocenters. The molecule has 1 N–H and O–H groups in total. The van der Waals surface area contributed by atoms with Crippen LogP contribution in [0.3, 0.4) is 0 Å². The van der Waals surface area contributed by atoms with Crippen LogP contribution in [-0.4, -0.2) is 26.6 Å². The van der Waals surface area contributed by atoms with Gasteiger partial charge in [-0.05, 0) is 55.5 Å². The molecule has 24 heavy (non-hydrogen) atoms. The zero-order valence-electron chi connectivity index (χ0n) is 13.0. The Bertz CT molecular complexity index is 823. The Morgan fingerprint density at radius 1 is 1.12 bits per heavy atom. The Hall–Kier alpha value is -1.93. The molecule has 128 valence electrons. The predicted octanol–water partition coefficient (Wildman–Crippen LogP) is 3.38. The lowest BCUT2D eigenvalue weighted by atomic mass is 10.2. The van der Waals surface area contributed by atoms with Gasteiger partial charge in [0.1, 0.15) is 11.9 Å². The van der Waals surface area contributed by atoms with Crippen molar-refractivity contribution in [3.05, 3.63) is 58.8 Å². The summed E-state index contributed by atoms with van der Waals surface area (Å²) in [5, 5.41) is 2.66. The minimum absolute atomic E-state index is 0.220. The molecule has 0 saturated heterocycles.